The largest absolute Gasteiger partial charge is 0.479 e. The predicted octanol–water partition coefficient (Wildman–Crippen LogP) is 0.164. The van der Waals surface area contributed by atoms with Crippen molar-refractivity contribution in [3.8, 4) is 0 Å². The standard InChI is InChI=1S/C7H5FO3/c8-7(6(10)11)3-1-2-4(9)5(3)7/h1-3,5H,(H,10,11). The summed E-state index contributed by atoms with van der Waals surface area (Å²) in [4.78, 5) is 21.0. The number of fused-ring (bicyclic) bond motifs is 1. The van der Waals surface area contributed by atoms with E-state index in [9.17, 15) is 14.0 Å². The van der Waals surface area contributed by atoms with Crippen LogP contribution in [0.5, 0.6) is 0 Å². The molecular weight excluding hydrogens is 151 g/mol. The van der Waals surface area contributed by atoms with E-state index in [4.69, 9.17) is 5.11 Å². The fraction of sp³-hybridized carbons (Fsp3) is 0.429. The lowest BCUT2D eigenvalue weighted by molar-refractivity contribution is -0.146. The van der Waals surface area contributed by atoms with Crippen molar-refractivity contribution in [3.63, 3.8) is 0 Å². The van der Waals surface area contributed by atoms with E-state index in [1.807, 2.05) is 0 Å². The number of ketones is 1. The van der Waals surface area contributed by atoms with Gasteiger partial charge in [0.15, 0.2) is 5.78 Å². The molecule has 0 saturated heterocycles. The number of hydrogen-bond donors (Lipinski definition) is 1. The van der Waals surface area contributed by atoms with E-state index in [1.54, 1.807) is 0 Å². The van der Waals surface area contributed by atoms with Gasteiger partial charge < -0.3 is 5.11 Å². The van der Waals surface area contributed by atoms with E-state index in [0.717, 1.165) is 0 Å². The molecule has 0 aromatic heterocycles. The van der Waals surface area contributed by atoms with Gasteiger partial charge in [-0.25, -0.2) is 9.18 Å². The third-order valence-corrected chi connectivity index (χ3v) is 2.29. The van der Waals surface area contributed by atoms with Crippen molar-refractivity contribution in [3.05, 3.63) is 12.2 Å². The molecule has 3 nitrogen and oxygen atoms in total. The number of allylic oxidation sites excluding steroid dienone is 2. The monoisotopic (exact) mass is 156 g/mol. The molecule has 0 heterocycles. The average molecular weight is 156 g/mol. The Morgan fingerprint density at radius 2 is 2.36 bits per heavy atom. The Kier molecular flexibility index (Phi) is 0.900. The number of carboxylic acids is 1. The molecule has 0 radical (unpaired) electrons. The first-order chi connectivity index (χ1) is 5.08. The van der Waals surface area contributed by atoms with Crippen molar-refractivity contribution < 1.29 is 19.1 Å². The zero-order valence-electron chi connectivity index (χ0n) is 5.45. The molecule has 0 bridgehead atoms. The maximum Gasteiger partial charge on any atom is 0.342 e. The molecule has 11 heavy (non-hydrogen) atoms. The first-order valence-electron chi connectivity index (χ1n) is 3.23. The van der Waals surface area contributed by atoms with Crippen LogP contribution in [-0.2, 0) is 9.59 Å². The van der Waals surface area contributed by atoms with Gasteiger partial charge in [-0.3, -0.25) is 4.79 Å². The number of carboxylic acid groups (broad SMARTS) is 1. The number of aliphatic carboxylic acids is 1. The highest BCUT2D eigenvalue weighted by Gasteiger charge is 2.75. The lowest BCUT2D eigenvalue weighted by atomic mass is 10.2. The molecule has 2 aliphatic rings. The van der Waals surface area contributed by atoms with Crippen LogP contribution in [0.1, 0.15) is 0 Å². The number of halogens is 1. The van der Waals surface area contributed by atoms with Crippen LogP contribution < -0.4 is 0 Å². The van der Waals surface area contributed by atoms with Crippen LogP contribution in [0.2, 0.25) is 0 Å². The van der Waals surface area contributed by atoms with Gasteiger partial charge >= 0.3 is 5.97 Å². The second kappa shape index (κ2) is 1.52. The zero-order chi connectivity index (χ0) is 8.22. The van der Waals surface area contributed by atoms with E-state index in [-0.39, 0.29) is 0 Å². The van der Waals surface area contributed by atoms with Crippen molar-refractivity contribution in [2.75, 3.05) is 0 Å². The van der Waals surface area contributed by atoms with E-state index in [2.05, 4.69) is 0 Å². The maximum atomic E-state index is 13.1. The molecule has 0 spiro atoms. The van der Waals surface area contributed by atoms with Crippen LogP contribution >= 0.6 is 0 Å². The Morgan fingerprint density at radius 3 is 2.64 bits per heavy atom. The Bertz CT molecular complexity index is 283. The third kappa shape index (κ3) is 0.528. The van der Waals surface area contributed by atoms with Gasteiger partial charge in [-0.15, -0.1) is 0 Å². The fourth-order valence-corrected chi connectivity index (χ4v) is 1.60. The Labute approximate surface area is 61.5 Å². The van der Waals surface area contributed by atoms with Gasteiger partial charge in [0.2, 0.25) is 5.67 Å². The minimum absolute atomic E-state index is 0.403. The lowest BCUT2D eigenvalue weighted by Crippen LogP contribution is -2.23. The van der Waals surface area contributed by atoms with Gasteiger partial charge in [0.25, 0.3) is 0 Å². The van der Waals surface area contributed by atoms with E-state index in [1.165, 1.54) is 12.2 Å². The number of carbonyl (C=O) groups is 2. The van der Waals surface area contributed by atoms with Gasteiger partial charge in [0.1, 0.15) is 0 Å². The van der Waals surface area contributed by atoms with Crippen molar-refractivity contribution in [2.45, 2.75) is 5.67 Å². The van der Waals surface area contributed by atoms with Gasteiger partial charge in [-0.05, 0) is 6.08 Å². The molecule has 0 aliphatic heterocycles. The van der Waals surface area contributed by atoms with Crippen molar-refractivity contribution in [1.29, 1.82) is 0 Å². The molecule has 1 saturated carbocycles. The summed E-state index contributed by atoms with van der Waals surface area (Å²) in [5.41, 5.74) is -2.29. The minimum atomic E-state index is -2.29. The smallest absolute Gasteiger partial charge is 0.342 e. The zero-order valence-corrected chi connectivity index (χ0v) is 5.45. The number of rotatable bonds is 1. The van der Waals surface area contributed by atoms with Crippen LogP contribution in [0, 0.1) is 11.8 Å². The predicted molar refractivity (Wildman–Crippen MR) is 32.6 cm³/mol. The maximum absolute atomic E-state index is 13.1. The van der Waals surface area contributed by atoms with Crippen molar-refractivity contribution >= 4 is 11.8 Å². The summed E-state index contributed by atoms with van der Waals surface area (Å²) in [6.07, 6.45) is 2.58. The molecule has 2 aliphatic carbocycles. The SMILES string of the molecule is O=C1C=CC2C1C2(F)C(=O)O. The second-order valence-corrected chi connectivity index (χ2v) is 2.84. The quantitative estimate of drug-likeness (QED) is 0.588. The van der Waals surface area contributed by atoms with Gasteiger partial charge in [-0.2, -0.15) is 0 Å². The normalized spacial score (nSPS) is 45.7. The van der Waals surface area contributed by atoms with Crippen molar-refractivity contribution in [1.82, 2.24) is 0 Å². The number of hydrogen-bond acceptors (Lipinski definition) is 2. The van der Waals surface area contributed by atoms with Gasteiger partial charge in [0.05, 0.1) is 5.92 Å². The minimum Gasteiger partial charge on any atom is -0.479 e. The van der Waals surface area contributed by atoms with Gasteiger partial charge in [-0.1, -0.05) is 6.08 Å². The van der Waals surface area contributed by atoms with Crippen LogP contribution in [0.4, 0.5) is 4.39 Å². The Hall–Kier alpha value is -1.19. The topological polar surface area (TPSA) is 54.4 Å². The third-order valence-electron chi connectivity index (χ3n) is 2.29. The van der Waals surface area contributed by atoms with Crippen LogP contribution in [-0.4, -0.2) is 22.5 Å². The number of alkyl halides is 1. The van der Waals surface area contributed by atoms with Gasteiger partial charge in [0, 0.05) is 5.92 Å². The first kappa shape index (κ1) is 6.52. The molecule has 0 aromatic carbocycles. The average Bonchev–Trinajstić information content (AvgIpc) is 2.30. The van der Waals surface area contributed by atoms with Crippen molar-refractivity contribution in [2.24, 2.45) is 11.8 Å². The number of carbonyl (C=O) groups excluding carboxylic acids is 1. The summed E-state index contributed by atoms with van der Waals surface area (Å²) in [7, 11) is 0. The van der Waals surface area contributed by atoms with Crippen LogP contribution in [0.15, 0.2) is 12.2 Å². The molecule has 58 valence electrons. The fourth-order valence-electron chi connectivity index (χ4n) is 1.60. The molecule has 0 amide bonds. The van der Waals surface area contributed by atoms with Crippen LogP contribution in [0.25, 0.3) is 0 Å². The molecule has 1 fully saturated rings. The summed E-state index contributed by atoms with van der Waals surface area (Å²) in [5, 5.41) is 8.38. The molecule has 0 aromatic rings. The molecule has 4 heteroatoms. The van der Waals surface area contributed by atoms with E-state index >= 15 is 0 Å². The highest BCUT2D eigenvalue weighted by atomic mass is 19.1. The second-order valence-electron chi connectivity index (χ2n) is 2.84. The lowest BCUT2D eigenvalue weighted by Gasteiger charge is -1.99. The van der Waals surface area contributed by atoms with E-state index < -0.39 is 29.3 Å². The summed E-state index contributed by atoms with van der Waals surface area (Å²) in [5.74, 6) is -3.56. The summed E-state index contributed by atoms with van der Waals surface area (Å²) in [6, 6.07) is 0. The van der Waals surface area contributed by atoms with E-state index in [0.29, 0.717) is 0 Å². The summed E-state index contributed by atoms with van der Waals surface area (Å²) >= 11 is 0. The summed E-state index contributed by atoms with van der Waals surface area (Å²) < 4.78 is 13.1. The first-order valence-corrected chi connectivity index (χ1v) is 3.23. The highest BCUT2D eigenvalue weighted by Crippen LogP contribution is 2.58. The Morgan fingerprint density at radius 1 is 1.73 bits per heavy atom. The molecule has 1 N–H and O–H groups in total. The Balaban J connectivity index is 2.33. The highest BCUT2D eigenvalue weighted by molar-refractivity contribution is 6.06. The molecular formula is C7H5FO3. The summed E-state index contributed by atoms with van der Waals surface area (Å²) in [6.45, 7) is 0. The van der Waals surface area contributed by atoms with Crippen LogP contribution in [0.3, 0.4) is 0 Å². The molecule has 3 unspecified atom stereocenters. The molecule has 3 atom stereocenters. The molecule has 2 rings (SSSR count).